The van der Waals surface area contributed by atoms with Crippen LogP contribution in [0.2, 0.25) is 0 Å². The van der Waals surface area contributed by atoms with Crippen molar-refractivity contribution in [3.63, 3.8) is 0 Å². The fourth-order valence-electron chi connectivity index (χ4n) is 2.08. The maximum Gasteiger partial charge on any atom is 0.306 e. The van der Waals surface area contributed by atoms with Gasteiger partial charge in [0.1, 0.15) is 12.7 Å². The van der Waals surface area contributed by atoms with Crippen LogP contribution >= 0.6 is 0 Å². The number of aliphatic hydroxyl groups is 2. The summed E-state index contributed by atoms with van der Waals surface area (Å²) >= 11 is 0. The van der Waals surface area contributed by atoms with Gasteiger partial charge in [-0.05, 0) is 12.8 Å². The molecule has 0 aromatic heterocycles. The first kappa shape index (κ1) is 17.9. The lowest BCUT2D eigenvalue weighted by atomic mass is 10.0. The fraction of sp³-hybridized carbons (Fsp3) is 0.857. The van der Waals surface area contributed by atoms with Gasteiger partial charge in [0.05, 0.1) is 6.10 Å². The summed E-state index contributed by atoms with van der Waals surface area (Å²) in [6.45, 7) is 3.51. The summed E-state index contributed by atoms with van der Waals surface area (Å²) in [5, 5.41) is 19.4. The fourth-order valence-corrected chi connectivity index (χ4v) is 2.08. The number of esters is 2. The molecule has 7 nitrogen and oxygen atoms in total. The Bertz CT molecular complexity index is 344. The Labute approximate surface area is 124 Å². The molecule has 1 aliphatic heterocycles. The maximum atomic E-state index is 11.6. The number of rotatable bonds is 7. The first-order chi connectivity index (χ1) is 9.97. The highest BCUT2D eigenvalue weighted by Gasteiger charge is 2.40. The molecule has 0 aromatic rings. The van der Waals surface area contributed by atoms with E-state index in [-0.39, 0.29) is 25.9 Å². The summed E-state index contributed by atoms with van der Waals surface area (Å²) in [5.74, 6) is -0.847. The van der Waals surface area contributed by atoms with Gasteiger partial charge in [-0.3, -0.25) is 9.59 Å². The average Bonchev–Trinajstić information content (AvgIpc) is 2.40. The van der Waals surface area contributed by atoms with Gasteiger partial charge in [-0.25, -0.2) is 0 Å². The minimum Gasteiger partial charge on any atom is -0.463 e. The maximum absolute atomic E-state index is 11.6. The van der Waals surface area contributed by atoms with Crippen molar-refractivity contribution in [2.75, 3.05) is 6.61 Å². The van der Waals surface area contributed by atoms with Crippen LogP contribution in [-0.4, -0.2) is 53.4 Å². The molecule has 0 saturated carbocycles. The highest BCUT2D eigenvalue weighted by Crippen LogP contribution is 2.23. The van der Waals surface area contributed by atoms with E-state index >= 15 is 0 Å². The predicted octanol–water partition coefficient (Wildman–Crippen LogP) is 0.510. The molecule has 0 bridgehead atoms. The second-order valence-corrected chi connectivity index (χ2v) is 5.07. The van der Waals surface area contributed by atoms with E-state index in [1.807, 2.05) is 13.8 Å². The SMILES string of the molecule is CCCC(=O)OC[C@H]1O[C@H](O)C[C@@H](O)[C@@H]1OC(=O)CCC. The molecule has 0 unspecified atom stereocenters. The molecule has 7 heteroatoms. The smallest absolute Gasteiger partial charge is 0.306 e. The molecule has 4 atom stereocenters. The molecule has 21 heavy (non-hydrogen) atoms. The van der Waals surface area contributed by atoms with E-state index in [0.29, 0.717) is 12.8 Å². The lowest BCUT2D eigenvalue weighted by molar-refractivity contribution is -0.249. The van der Waals surface area contributed by atoms with E-state index in [1.165, 1.54) is 0 Å². The van der Waals surface area contributed by atoms with Crippen molar-refractivity contribution in [3.05, 3.63) is 0 Å². The Morgan fingerprint density at radius 3 is 2.38 bits per heavy atom. The molecule has 1 aliphatic rings. The summed E-state index contributed by atoms with van der Waals surface area (Å²) in [6, 6.07) is 0. The molecule has 122 valence electrons. The molecule has 2 N–H and O–H groups in total. The quantitative estimate of drug-likeness (QED) is 0.661. The van der Waals surface area contributed by atoms with Gasteiger partial charge in [0.2, 0.25) is 0 Å². The van der Waals surface area contributed by atoms with Crippen LogP contribution in [0.3, 0.4) is 0 Å². The van der Waals surface area contributed by atoms with Gasteiger partial charge in [0, 0.05) is 19.3 Å². The van der Waals surface area contributed by atoms with Gasteiger partial charge in [0.15, 0.2) is 12.4 Å². The molecule has 0 aromatic carbocycles. The molecular weight excluding hydrogens is 280 g/mol. The predicted molar refractivity (Wildman–Crippen MR) is 72.2 cm³/mol. The van der Waals surface area contributed by atoms with E-state index in [4.69, 9.17) is 14.2 Å². The van der Waals surface area contributed by atoms with Gasteiger partial charge in [-0.2, -0.15) is 0 Å². The molecule has 0 amide bonds. The molecule has 0 spiro atoms. The van der Waals surface area contributed by atoms with Crippen molar-refractivity contribution in [2.24, 2.45) is 0 Å². The Hall–Kier alpha value is -1.18. The van der Waals surface area contributed by atoms with Gasteiger partial charge in [0.25, 0.3) is 0 Å². The zero-order valence-electron chi connectivity index (χ0n) is 12.5. The molecular formula is C14H24O7. The number of ether oxygens (including phenoxy) is 3. The molecule has 1 saturated heterocycles. The molecule has 1 heterocycles. The van der Waals surface area contributed by atoms with Crippen LogP contribution in [0, 0.1) is 0 Å². The zero-order valence-corrected chi connectivity index (χ0v) is 12.5. The largest absolute Gasteiger partial charge is 0.463 e. The Kier molecular flexibility index (Phi) is 7.63. The first-order valence-corrected chi connectivity index (χ1v) is 7.34. The van der Waals surface area contributed by atoms with E-state index in [9.17, 15) is 19.8 Å². The third-order valence-corrected chi connectivity index (χ3v) is 3.11. The van der Waals surface area contributed by atoms with Crippen LogP contribution in [0.5, 0.6) is 0 Å². The highest BCUT2D eigenvalue weighted by atomic mass is 16.7. The summed E-state index contributed by atoms with van der Waals surface area (Å²) in [5.41, 5.74) is 0. The Morgan fingerprint density at radius 2 is 1.76 bits per heavy atom. The number of hydrogen-bond acceptors (Lipinski definition) is 7. The molecule has 0 radical (unpaired) electrons. The minimum atomic E-state index is -1.17. The van der Waals surface area contributed by atoms with Gasteiger partial charge < -0.3 is 24.4 Å². The molecule has 0 aliphatic carbocycles. The number of carbonyl (C=O) groups excluding carboxylic acids is 2. The van der Waals surface area contributed by atoms with Crippen LogP contribution in [0.4, 0.5) is 0 Å². The van der Waals surface area contributed by atoms with Crippen LogP contribution < -0.4 is 0 Å². The van der Waals surface area contributed by atoms with Crippen LogP contribution in [0.25, 0.3) is 0 Å². The second kappa shape index (κ2) is 8.96. The van der Waals surface area contributed by atoms with Crippen LogP contribution in [-0.2, 0) is 23.8 Å². The lowest BCUT2D eigenvalue weighted by Gasteiger charge is -2.36. The van der Waals surface area contributed by atoms with Gasteiger partial charge >= 0.3 is 11.9 Å². The van der Waals surface area contributed by atoms with Crippen molar-refractivity contribution in [2.45, 2.75) is 70.6 Å². The second-order valence-electron chi connectivity index (χ2n) is 5.07. The lowest BCUT2D eigenvalue weighted by Crippen LogP contribution is -2.52. The summed E-state index contributed by atoms with van der Waals surface area (Å²) in [7, 11) is 0. The zero-order chi connectivity index (χ0) is 15.8. The van der Waals surface area contributed by atoms with Crippen molar-refractivity contribution in [1.82, 2.24) is 0 Å². The third-order valence-electron chi connectivity index (χ3n) is 3.11. The van der Waals surface area contributed by atoms with Crippen molar-refractivity contribution in [1.29, 1.82) is 0 Å². The summed E-state index contributed by atoms with van der Waals surface area (Å²) in [4.78, 5) is 22.9. The van der Waals surface area contributed by atoms with Gasteiger partial charge in [-0.1, -0.05) is 13.8 Å². The number of carbonyl (C=O) groups is 2. The number of hydrogen-bond donors (Lipinski definition) is 2. The van der Waals surface area contributed by atoms with Crippen molar-refractivity contribution in [3.8, 4) is 0 Å². The third kappa shape index (κ3) is 5.99. The molecule has 1 rings (SSSR count). The van der Waals surface area contributed by atoms with Crippen molar-refractivity contribution < 1.29 is 34.0 Å². The monoisotopic (exact) mass is 304 g/mol. The van der Waals surface area contributed by atoms with Crippen LogP contribution in [0.1, 0.15) is 46.0 Å². The van der Waals surface area contributed by atoms with E-state index in [0.717, 1.165) is 0 Å². The van der Waals surface area contributed by atoms with E-state index in [1.54, 1.807) is 0 Å². The molecule has 1 fully saturated rings. The van der Waals surface area contributed by atoms with E-state index < -0.39 is 36.5 Å². The van der Waals surface area contributed by atoms with Crippen LogP contribution in [0.15, 0.2) is 0 Å². The standard InChI is InChI=1S/C14H24O7/c1-3-5-11(16)19-8-10-14(21-12(17)6-4-2)9(15)7-13(18)20-10/h9-10,13-15,18H,3-8H2,1-2H3/t9-,10-,13+,14+/m1/s1. The Morgan fingerprint density at radius 1 is 1.14 bits per heavy atom. The minimum absolute atomic E-state index is 0.0521. The summed E-state index contributed by atoms with van der Waals surface area (Å²) in [6.07, 6.45) is -2.30. The topological polar surface area (TPSA) is 102 Å². The highest BCUT2D eigenvalue weighted by molar-refractivity contribution is 5.70. The summed E-state index contributed by atoms with van der Waals surface area (Å²) < 4.78 is 15.4. The van der Waals surface area contributed by atoms with Crippen molar-refractivity contribution >= 4 is 11.9 Å². The van der Waals surface area contributed by atoms with E-state index in [2.05, 4.69) is 0 Å². The number of aliphatic hydroxyl groups excluding tert-OH is 2. The Balaban J connectivity index is 2.60. The average molecular weight is 304 g/mol. The van der Waals surface area contributed by atoms with Gasteiger partial charge in [-0.15, -0.1) is 0 Å². The first-order valence-electron chi connectivity index (χ1n) is 7.34. The normalized spacial score (nSPS) is 29.0.